The molecule has 9 nitrogen and oxygen atoms in total. The lowest BCUT2D eigenvalue weighted by atomic mass is 9.89. The Morgan fingerprint density at radius 2 is 1.77 bits per heavy atom. The monoisotopic (exact) mass is 553 g/mol. The molecule has 0 saturated heterocycles. The number of anilines is 1. The average Bonchev–Trinajstić information content (AvgIpc) is 2.93. The van der Waals surface area contributed by atoms with Gasteiger partial charge in [-0.3, -0.25) is 4.57 Å². The summed E-state index contributed by atoms with van der Waals surface area (Å²) in [7, 11) is -3.40. The zero-order valence-electron chi connectivity index (χ0n) is 18.8. The van der Waals surface area contributed by atoms with Gasteiger partial charge in [0.1, 0.15) is 15.6 Å². The van der Waals surface area contributed by atoms with Gasteiger partial charge >= 0.3 is 7.60 Å². The number of hydrogen-bond donors (Lipinski definition) is 1. The molecule has 0 aliphatic rings. The molecule has 11 heteroatoms. The number of ether oxygens (including phenoxy) is 1. The van der Waals surface area contributed by atoms with Crippen LogP contribution < -0.4 is 5.73 Å². The molecule has 0 aliphatic carbocycles. The van der Waals surface area contributed by atoms with Crippen LogP contribution in [0.3, 0.4) is 0 Å². The highest BCUT2D eigenvalue weighted by atomic mass is 127. The highest BCUT2D eigenvalue weighted by Gasteiger charge is 2.31. The zero-order valence-corrected chi connectivity index (χ0v) is 21.8. The van der Waals surface area contributed by atoms with Crippen molar-refractivity contribution in [2.24, 2.45) is 5.41 Å². The lowest BCUT2D eigenvalue weighted by Crippen LogP contribution is -2.27. The van der Waals surface area contributed by atoms with Crippen LogP contribution in [0.2, 0.25) is 0 Å². The summed E-state index contributed by atoms with van der Waals surface area (Å²) < 4.78 is 33.1. The summed E-state index contributed by atoms with van der Waals surface area (Å²) in [6, 6.07) is 0. The molecule has 0 fully saturated rings. The third-order valence-electron chi connectivity index (χ3n) is 3.89. The molecule has 0 amide bonds. The van der Waals surface area contributed by atoms with E-state index < -0.39 is 7.60 Å². The molecule has 2 rings (SSSR count). The first-order valence-electron chi connectivity index (χ1n) is 9.99. The Kier molecular flexibility index (Phi) is 8.66. The van der Waals surface area contributed by atoms with Gasteiger partial charge in [-0.05, 0) is 62.1 Å². The Balaban J connectivity index is 2.25. The maximum atomic E-state index is 13.2. The van der Waals surface area contributed by atoms with Crippen LogP contribution in [0.4, 0.5) is 5.95 Å². The topological polar surface area (TPSA) is 114 Å². The number of aromatic nitrogens is 4. The third kappa shape index (κ3) is 7.71. The summed E-state index contributed by atoms with van der Waals surface area (Å²) in [5, 5.41) is 0. The molecule has 0 saturated carbocycles. The van der Waals surface area contributed by atoms with Gasteiger partial charge in [0, 0.05) is 0 Å². The Morgan fingerprint density at radius 1 is 1.17 bits per heavy atom. The van der Waals surface area contributed by atoms with Gasteiger partial charge in [0.25, 0.3) is 0 Å². The average molecular weight is 553 g/mol. The van der Waals surface area contributed by atoms with Crippen LogP contribution in [-0.2, 0) is 24.9 Å². The van der Waals surface area contributed by atoms with E-state index >= 15 is 0 Å². The van der Waals surface area contributed by atoms with Crippen molar-refractivity contribution in [3.05, 3.63) is 10.0 Å². The largest absolute Gasteiger partial charge is 0.368 e. The summed E-state index contributed by atoms with van der Waals surface area (Å²) in [4.78, 5) is 12.9. The van der Waals surface area contributed by atoms with Crippen molar-refractivity contribution in [3.8, 4) is 0 Å². The van der Waals surface area contributed by atoms with Gasteiger partial charge in [0.15, 0.2) is 5.65 Å². The van der Waals surface area contributed by atoms with Gasteiger partial charge in [-0.25, -0.2) is 9.97 Å². The van der Waals surface area contributed by atoms with Gasteiger partial charge in [-0.2, -0.15) is 4.98 Å². The minimum atomic E-state index is -3.40. The first-order chi connectivity index (χ1) is 13.8. The number of rotatable bonds is 10. The second-order valence-electron chi connectivity index (χ2n) is 9.04. The molecule has 1 atom stereocenters. The van der Waals surface area contributed by atoms with Crippen LogP contribution in [0.5, 0.6) is 0 Å². The van der Waals surface area contributed by atoms with E-state index in [0.717, 1.165) is 6.42 Å². The van der Waals surface area contributed by atoms with E-state index in [0.29, 0.717) is 21.4 Å². The number of nitrogens with two attached hydrogens (primary N) is 1. The van der Waals surface area contributed by atoms with Gasteiger partial charge < -0.3 is 24.1 Å². The minimum Gasteiger partial charge on any atom is -0.368 e. The Morgan fingerprint density at radius 3 is 2.30 bits per heavy atom. The third-order valence-corrected chi connectivity index (χ3v) is 6.59. The van der Waals surface area contributed by atoms with Crippen LogP contribution in [0, 0.1) is 9.12 Å². The molecule has 170 valence electrons. The van der Waals surface area contributed by atoms with Crippen molar-refractivity contribution in [2.75, 3.05) is 12.1 Å². The lowest BCUT2D eigenvalue weighted by molar-refractivity contribution is 0.0221. The van der Waals surface area contributed by atoms with Crippen LogP contribution in [-0.4, -0.2) is 44.2 Å². The van der Waals surface area contributed by atoms with Gasteiger partial charge in [0.05, 0.1) is 31.2 Å². The number of nitrogen functional groups attached to an aromatic ring is 1. The molecule has 0 bridgehead atoms. The van der Waals surface area contributed by atoms with Crippen molar-refractivity contribution < 1.29 is 18.3 Å². The summed E-state index contributed by atoms with van der Waals surface area (Å²) in [6.07, 6.45) is 1.58. The molecule has 0 aromatic carbocycles. The first kappa shape index (κ1) is 25.5. The Hall–Kier alpha value is -0.810. The van der Waals surface area contributed by atoms with Crippen LogP contribution in [0.1, 0.15) is 54.9 Å². The number of halogens is 1. The van der Waals surface area contributed by atoms with Crippen molar-refractivity contribution in [1.82, 2.24) is 19.5 Å². The quantitative estimate of drug-likeness (QED) is 0.253. The molecule has 0 radical (unpaired) electrons. The van der Waals surface area contributed by atoms with Crippen molar-refractivity contribution in [1.29, 1.82) is 0 Å². The molecular formula is C19H33IN5O4P. The van der Waals surface area contributed by atoms with Crippen molar-refractivity contribution in [3.63, 3.8) is 0 Å². The molecule has 0 aliphatic heterocycles. The van der Waals surface area contributed by atoms with Crippen molar-refractivity contribution >= 4 is 47.3 Å². The second kappa shape index (κ2) is 10.2. The molecule has 0 unspecified atom stereocenters. The molecular weight excluding hydrogens is 520 g/mol. The smallest absolute Gasteiger partial charge is 0.356 e. The van der Waals surface area contributed by atoms with Crippen LogP contribution in [0.15, 0.2) is 6.33 Å². The summed E-state index contributed by atoms with van der Waals surface area (Å²) in [5.74, 6) is 0.196. The van der Waals surface area contributed by atoms with E-state index in [4.69, 9.17) is 19.5 Å². The number of fused-ring (bicyclic) bond motifs is 1. The van der Waals surface area contributed by atoms with Gasteiger partial charge in [-0.15, -0.1) is 0 Å². The summed E-state index contributed by atoms with van der Waals surface area (Å²) in [5.41, 5.74) is 7.15. The summed E-state index contributed by atoms with van der Waals surface area (Å²) >= 11 is 2.09. The SMILES string of the molecule is CC(C)OP(=O)(CO[C@H](Cn1cnc2c(I)nc(N)nc21)CC(C)(C)C)OC(C)C. The van der Waals surface area contributed by atoms with Gasteiger partial charge in [-0.1, -0.05) is 20.8 Å². The van der Waals surface area contributed by atoms with Crippen LogP contribution in [0.25, 0.3) is 11.2 Å². The normalized spacial score (nSPS) is 14.2. The number of imidazole rings is 1. The lowest BCUT2D eigenvalue weighted by Gasteiger charge is -2.29. The van der Waals surface area contributed by atoms with E-state index in [1.165, 1.54) is 0 Å². The van der Waals surface area contributed by atoms with E-state index in [1.807, 2.05) is 32.3 Å². The highest BCUT2D eigenvalue weighted by Crippen LogP contribution is 2.51. The standard InChI is InChI=1S/C19H33IN5O4P/c1-12(2)28-30(26,29-13(3)4)11-27-14(8-19(5,6)7)9-25-10-22-15-16(20)23-18(21)24-17(15)25/h10,12-14H,8-9,11H2,1-7H3,(H2,21,23,24)/t14-/m0/s1. The number of nitrogens with zero attached hydrogens (tertiary/aromatic N) is 4. The second-order valence-corrected chi connectivity index (χ2v) is 12.0. The highest BCUT2D eigenvalue weighted by molar-refractivity contribution is 14.1. The fourth-order valence-electron chi connectivity index (χ4n) is 3.06. The zero-order chi connectivity index (χ0) is 22.7. The predicted octanol–water partition coefficient (Wildman–Crippen LogP) is 4.84. The summed E-state index contributed by atoms with van der Waals surface area (Å²) in [6.45, 7) is 14.2. The predicted molar refractivity (Wildman–Crippen MR) is 126 cm³/mol. The van der Waals surface area contributed by atoms with Crippen LogP contribution >= 0.6 is 30.2 Å². The van der Waals surface area contributed by atoms with Crippen molar-refractivity contribution in [2.45, 2.75) is 79.7 Å². The number of hydrogen-bond acceptors (Lipinski definition) is 8. The molecule has 2 aromatic rings. The van der Waals surface area contributed by atoms with E-state index in [-0.39, 0.29) is 36.0 Å². The molecule has 0 spiro atoms. The molecule has 2 N–H and O–H groups in total. The maximum absolute atomic E-state index is 13.2. The minimum absolute atomic E-state index is 0.00864. The molecule has 2 aromatic heterocycles. The molecule has 30 heavy (non-hydrogen) atoms. The first-order valence-corrected chi connectivity index (χ1v) is 12.8. The van der Waals surface area contributed by atoms with Gasteiger partial charge in [0.2, 0.25) is 5.95 Å². The molecule has 2 heterocycles. The maximum Gasteiger partial charge on any atom is 0.356 e. The Bertz CT molecular complexity index is 883. The fourth-order valence-corrected chi connectivity index (χ4v) is 5.54. The fraction of sp³-hybridized carbons (Fsp3) is 0.737. The van der Waals surface area contributed by atoms with E-state index in [9.17, 15) is 4.57 Å². The van der Waals surface area contributed by atoms with E-state index in [2.05, 4.69) is 58.3 Å². The Labute approximate surface area is 192 Å². The van der Waals surface area contributed by atoms with E-state index in [1.54, 1.807) is 6.33 Å².